The quantitative estimate of drug-likeness (QED) is 0.609. The second-order valence-corrected chi connectivity index (χ2v) is 5.15. The first-order valence-corrected chi connectivity index (χ1v) is 6.81. The minimum Gasteiger partial charge on any atom is -0.485 e. The van der Waals surface area contributed by atoms with E-state index in [0.717, 1.165) is 0 Å². The zero-order chi connectivity index (χ0) is 14.0. The summed E-state index contributed by atoms with van der Waals surface area (Å²) >= 11 is 5.99. The Hall–Kier alpha value is -1.08. The Morgan fingerprint density at radius 3 is 2.80 bits per heavy atom. The molecular weight excluding hydrogens is 286 g/mol. The van der Waals surface area contributed by atoms with E-state index in [9.17, 15) is 0 Å². The Balaban J connectivity index is 1.74. The summed E-state index contributed by atoms with van der Waals surface area (Å²) in [6, 6.07) is 3.35. The Bertz CT molecular complexity index is 474. The number of nitrogens with zero attached hydrogens (tertiary/aromatic N) is 1. The Morgan fingerprint density at radius 1 is 1.35 bits per heavy atom. The summed E-state index contributed by atoms with van der Waals surface area (Å²) in [4.78, 5) is 4.14. The van der Waals surface area contributed by atoms with Gasteiger partial charge in [0.25, 0.3) is 0 Å². The molecule has 0 aromatic carbocycles. The topological polar surface area (TPSA) is 59.0 Å². The molecule has 2 aliphatic heterocycles. The van der Waals surface area contributed by atoms with E-state index in [1.165, 1.54) is 0 Å². The van der Waals surface area contributed by atoms with E-state index in [1.54, 1.807) is 19.2 Å². The molecule has 3 rings (SSSR count). The molecule has 3 heterocycles. The van der Waals surface area contributed by atoms with Crippen molar-refractivity contribution in [3.05, 3.63) is 17.3 Å². The molecule has 0 N–H and O–H groups in total. The summed E-state index contributed by atoms with van der Waals surface area (Å²) in [5.74, 6) is 0.174. The molecule has 110 valence electrons. The minimum absolute atomic E-state index is 0.0625. The molecule has 20 heavy (non-hydrogen) atoms. The highest BCUT2D eigenvalue weighted by atomic mass is 35.5. The smallest absolute Gasteiger partial charge is 0.237 e. The number of ether oxygens (including phenoxy) is 5. The van der Waals surface area contributed by atoms with Gasteiger partial charge in [0.05, 0.1) is 19.8 Å². The van der Waals surface area contributed by atoms with E-state index >= 15 is 0 Å². The van der Waals surface area contributed by atoms with Crippen molar-refractivity contribution in [2.24, 2.45) is 0 Å². The van der Waals surface area contributed by atoms with Gasteiger partial charge in [0, 0.05) is 25.7 Å². The summed E-state index contributed by atoms with van der Waals surface area (Å²) < 4.78 is 27.3. The molecule has 2 fully saturated rings. The second-order valence-electron chi connectivity index (χ2n) is 4.76. The van der Waals surface area contributed by atoms with Crippen LogP contribution in [0.2, 0.25) is 5.15 Å². The number of rotatable bonds is 5. The summed E-state index contributed by atoms with van der Waals surface area (Å²) in [5.41, 5.74) is 0. The fourth-order valence-electron chi connectivity index (χ4n) is 2.05. The third-order valence-electron chi connectivity index (χ3n) is 3.27. The monoisotopic (exact) mass is 301 g/mol. The number of aromatic nitrogens is 1. The lowest BCUT2D eigenvalue weighted by Crippen LogP contribution is -2.39. The van der Waals surface area contributed by atoms with Crippen molar-refractivity contribution in [3.63, 3.8) is 0 Å². The van der Waals surface area contributed by atoms with Gasteiger partial charge < -0.3 is 23.7 Å². The molecule has 7 heteroatoms. The molecular formula is C13H16ClNO5. The van der Waals surface area contributed by atoms with Gasteiger partial charge in [-0.15, -0.1) is 0 Å². The van der Waals surface area contributed by atoms with E-state index in [2.05, 4.69) is 4.98 Å². The van der Waals surface area contributed by atoms with Gasteiger partial charge in [-0.05, 0) is 0 Å². The summed E-state index contributed by atoms with van der Waals surface area (Å²) in [7, 11) is 1.59. The summed E-state index contributed by atoms with van der Waals surface area (Å²) in [5, 5.41) is 0.308. The second kappa shape index (κ2) is 5.73. The van der Waals surface area contributed by atoms with Gasteiger partial charge in [-0.2, -0.15) is 0 Å². The zero-order valence-corrected chi connectivity index (χ0v) is 11.9. The molecule has 0 amide bonds. The van der Waals surface area contributed by atoms with Crippen LogP contribution in [0, 0.1) is 0 Å². The van der Waals surface area contributed by atoms with Crippen LogP contribution in [-0.2, 0) is 14.2 Å². The van der Waals surface area contributed by atoms with Gasteiger partial charge in [-0.3, -0.25) is 0 Å². The minimum atomic E-state index is -0.797. The lowest BCUT2D eigenvalue weighted by atomic mass is 10.2. The van der Waals surface area contributed by atoms with Crippen molar-refractivity contribution in [2.45, 2.75) is 18.3 Å². The van der Waals surface area contributed by atoms with Crippen molar-refractivity contribution >= 4 is 11.6 Å². The van der Waals surface area contributed by atoms with Crippen LogP contribution in [0.15, 0.2) is 12.1 Å². The van der Waals surface area contributed by atoms with Crippen LogP contribution in [0.5, 0.6) is 11.6 Å². The third-order valence-corrected chi connectivity index (χ3v) is 3.46. The van der Waals surface area contributed by atoms with Crippen molar-refractivity contribution < 1.29 is 23.7 Å². The van der Waals surface area contributed by atoms with Gasteiger partial charge in [0.15, 0.2) is 0 Å². The predicted molar refractivity (Wildman–Crippen MR) is 70.3 cm³/mol. The number of pyridine rings is 1. The molecule has 0 saturated carbocycles. The largest absolute Gasteiger partial charge is 0.485 e. The first-order valence-electron chi connectivity index (χ1n) is 6.43. The zero-order valence-electron chi connectivity index (χ0n) is 11.1. The molecule has 1 aromatic heterocycles. The normalized spacial score (nSPS) is 26.3. The van der Waals surface area contributed by atoms with Crippen LogP contribution in [0.3, 0.4) is 0 Å². The molecule has 0 radical (unpaired) electrons. The fourth-order valence-corrected chi connectivity index (χ4v) is 2.24. The average molecular weight is 302 g/mol. The van der Waals surface area contributed by atoms with Gasteiger partial charge in [-0.1, -0.05) is 11.6 Å². The van der Waals surface area contributed by atoms with Crippen molar-refractivity contribution in [1.82, 2.24) is 4.98 Å². The number of hydrogen-bond acceptors (Lipinski definition) is 6. The summed E-state index contributed by atoms with van der Waals surface area (Å²) in [6.45, 7) is 2.14. The van der Waals surface area contributed by atoms with Crippen LogP contribution in [0.25, 0.3) is 0 Å². The maximum atomic E-state index is 5.99. The molecule has 0 bridgehead atoms. The van der Waals surface area contributed by atoms with Gasteiger partial charge in [0.2, 0.25) is 11.7 Å². The number of halogens is 1. The standard InChI is InChI=1S/C13H16ClNO5/c1-16-13(2-3-17-8-13)20-12-5-9(4-11(14)15-12)19-10-6-18-7-10/h4-5,10H,2-3,6-8H2,1H3. The number of hydrogen-bond donors (Lipinski definition) is 0. The van der Waals surface area contributed by atoms with Crippen molar-refractivity contribution in [3.8, 4) is 11.6 Å². The lowest BCUT2D eigenvalue weighted by molar-refractivity contribution is -0.163. The molecule has 6 nitrogen and oxygen atoms in total. The van der Waals surface area contributed by atoms with Crippen LogP contribution in [-0.4, -0.2) is 50.4 Å². The molecule has 1 unspecified atom stereocenters. The summed E-state index contributed by atoms with van der Waals surface area (Å²) in [6.07, 6.45) is 0.706. The van der Waals surface area contributed by atoms with E-state index in [0.29, 0.717) is 49.6 Å². The first-order chi connectivity index (χ1) is 9.69. The van der Waals surface area contributed by atoms with Crippen molar-refractivity contribution in [2.75, 3.05) is 33.5 Å². The Labute approximate surface area is 121 Å². The SMILES string of the molecule is COC1(Oc2cc(OC3COC3)cc(Cl)n2)CCOC1. The fraction of sp³-hybridized carbons (Fsp3) is 0.615. The third kappa shape index (κ3) is 2.98. The molecule has 0 spiro atoms. The molecule has 1 atom stereocenters. The van der Waals surface area contributed by atoms with Gasteiger partial charge in [-0.25, -0.2) is 4.98 Å². The lowest BCUT2D eigenvalue weighted by Gasteiger charge is -2.28. The van der Waals surface area contributed by atoms with Crippen LogP contribution < -0.4 is 9.47 Å². The van der Waals surface area contributed by atoms with Gasteiger partial charge in [0.1, 0.15) is 23.6 Å². The Morgan fingerprint density at radius 2 is 2.20 bits per heavy atom. The molecule has 2 saturated heterocycles. The van der Waals surface area contributed by atoms with Crippen LogP contribution in [0.4, 0.5) is 0 Å². The highest BCUT2D eigenvalue weighted by molar-refractivity contribution is 6.29. The van der Waals surface area contributed by atoms with Crippen LogP contribution in [0.1, 0.15) is 6.42 Å². The average Bonchev–Trinajstić information content (AvgIpc) is 2.82. The molecule has 1 aromatic rings. The van der Waals surface area contributed by atoms with Crippen LogP contribution >= 0.6 is 11.6 Å². The highest BCUT2D eigenvalue weighted by Crippen LogP contribution is 2.30. The van der Waals surface area contributed by atoms with E-state index in [1.807, 2.05) is 0 Å². The molecule has 0 aliphatic carbocycles. The van der Waals surface area contributed by atoms with Crippen molar-refractivity contribution in [1.29, 1.82) is 0 Å². The van der Waals surface area contributed by atoms with E-state index in [4.69, 9.17) is 35.3 Å². The predicted octanol–water partition coefficient (Wildman–Crippen LogP) is 1.65. The Kier molecular flexibility index (Phi) is 3.98. The molecule has 2 aliphatic rings. The van der Waals surface area contributed by atoms with E-state index in [-0.39, 0.29) is 6.10 Å². The maximum Gasteiger partial charge on any atom is 0.237 e. The number of methoxy groups -OCH3 is 1. The maximum absolute atomic E-state index is 5.99. The highest BCUT2D eigenvalue weighted by Gasteiger charge is 2.38. The van der Waals surface area contributed by atoms with E-state index < -0.39 is 5.79 Å². The van der Waals surface area contributed by atoms with Gasteiger partial charge >= 0.3 is 0 Å². The first kappa shape index (κ1) is 13.9.